The molecule has 14 heavy (non-hydrogen) atoms. The maximum atomic E-state index is 11.6. The molecule has 1 unspecified atom stereocenters. The first-order valence-electron chi connectivity index (χ1n) is 4.72. The van der Waals surface area contributed by atoms with E-state index in [9.17, 15) is 4.79 Å². The molecule has 3 heteroatoms. The summed E-state index contributed by atoms with van der Waals surface area (Å²) in [6.07, 6.45) is 0.901. The van der Waals surface area contributed by atoms with Crippen LogP contribution in [0.25, 0.3) is 0 Å². The van der Waals surface area contributed by atoms with Crippen molar-refractivity contribution < 1.29 is 4.79 Å². The highest BCUT2D eigenvalue weighted by atomic mass is 16.1. The molecule has 0 saturated carbocycles. The zero-order valence-corrected chi connectivity index (χ0v) is 8.50. The Labute approximate surface area is 84.3 Å². The van der Waals surface area contributed by atoms with Crippen molar-refractivity contribution in [3.63, 3.8) is 0 Å². The van der Waals surface area contributed by atoms with Crippen LogP contribution in [0.2, 0.25) is 0 Å². The van der Waals surface area contributed by atoms with Gasteiger partial charge in [-0.2, -0.15) is 0 Å². The van der Waals surface area contributed by atoms with Gasteiger partial charge in [-0.3, -0.25) is 4.79 Å². The third kappa shape index (κ3) is 2.49. The molecule has 1 atom stereocenters. The fourth-order valence-corrected chi connectivity index (χ4v) is 1.04. The van der Waals surface area contributed by atoms with E-state index < -0.39 is 0 Å². The van der Waals surface area contributed by atoms with Gasteiger partial charge in [0.05, 0.1) is 5.56 Å². The van der Waals surface area contributed by atoms with E-state index in [0.717, 1.165) is 6.42 Å². The summed E-state index contributed by atoms with van der Waals surface area (Å²) in [5.74, 6) is -0.155. The van der Waals surface area contributed by atoms with Crippen LogP contribution in [-0.4, -0.2) is 11.9 Å². The van der Waals surface area contributed by atoms with Crippen LogP contribution in [0.15, 0.2) is 18.2 Å². The third-order valence-corrected chi connectivity index (χ3v) is 2.11. The van der Waals surface area contributed by atoms with Gasteiger partial charge in [-0.05, 0) is 25.5 Å². The molecule has 0 aliphatic rings. The van der Waals surface area contributed by atoms with E-state index in [1.807, 2.05) is 13.8 Å². The van der Waals surface area contributed by atoms with Crippen molar-refractivity contribution in [3.05, 3.63) is 29.8 Å². The maximum Gasteiger partial charge on any atom is 0.254 e. The number of nitrogens with two attached hydrogens (primary N) is 1. The van der Waals surface area contributed by atoms with E-state index in [1.165, 1.54) is 0 Å². The van der Waals surface area contributed by atoms with Crippen molar-refractivity contribution in [2.45, 2.75) is 26.3 Å². The van der Waals surface area contributed by atoms with Gasteiger partial charge in [-0.1, -0.05) is 19.1 Å². The van der Waals surface area contributed by atoms with Gasteiger partial charge in [-0.25, -0.2) is 0 Å². The lowest BCUT2D eigenvalue weighted by Gasteiger charge is -2.11. The molecule has 0 heterocycles. The lowest BCUT2D eigenvalue weighted by Crippen LogP contribution is -2.32. The van der Waals surface area contributed by atoms with Gasteiger partial charge in [0.15, 0.2) is 0 Å². The van der Waals surface area contributed by atoms with Crippen molar-refractivity contribution in [3.8, 4) is 0 Å². The lowest BCUT2D eigenvalue weighted by atomic mass is 10.1. The zero-order chi connectivity index (χ0) is 10.6. The predicted molar refractivity (Wildman–Crippen MR) is 56.9 cm³/mol. The highest BCUT2D eigenvalue weighted by molar-refractivity contribution is 5.98. The summed E-state index contributed by atoms with van der Waals surface area (Å²) in [5.41, 5.74) is 6.54. The molecule has 3 nitrogen and oxygen atoms in total. The molecule has 0 fully saturated rings. The monoisotopic (exact) mass is 191 g/mol. The largest absolute Gasteiger partial charge is 0.398 e. The molecule has 0 aromatic heterocycles. The molecule has 1 rings (SSSR count). The van der Waals surface area contributed by atoms with E-state index in [2.05, 4.69) is 11.4 Å². The molecule has 0 aliphatic carbocycles. The number of nitrogen functional groups attached to an aromatic ring is 1. The van der Waals surface area contributed by atoms with Crippen LogP contribution < -0.4 is 11.1 Å². The number of rotatable bonds is 3. The Kier molecular flexibility index (Phi) is 3.51. The van der Waals surface area contributed by atoms with Crippen LogP contribution in [0.1, 0.15) is 30.6 Å². The molecule has 0 saturated heterocycles. The highest BCUT2D eigenvalue weighted by Gasteiger charge is 2.10. The number of amides is 1. The van der Waals surface area contributed by atoms with E-state index >= 15 is 0 Å². The number of carbonyl (C=O) groups excluding carboxylic acids is 1. The van der Waals surface area contributed by atoms with Crippen molar-refractivity contribution in [1.29, 1.82) is 0 Å². The lowest BCUT2D eigenvalue weighted by molar-refractivity contribution is 0.0940. The quantitative estimate of drug-likeness (QED) is 0.713. The number of anilines is 1. The van der Waals surface area contributed by atoms with Crippen molar-refractivity contribution in [2.24, 2.45) is 0 Å². The Bertz CT molecular complexity index is 323. The molecule has 0 bridgehead atoms. The molecule has 75 valence electrons. The van der Waals surface area contributed by atoms with Gasteiger partial charge in [-0.15, -0.1) is 0 Å². The molecule has 1 amide bonds. The summed E-state index contributed by atoms with van der Waals surface area (Å²) in [6.45, 7) is 3.97. The fraction of sp³-hybridized carbons (Fsp3) is 0.364. The Balaban J connectivity index is 2.75. The van der Waals surface area contributed by atoms with E-state index in [1.54, 1.807) is 18.2 Å². The standard InChI is InChI=1S/C11H15N2O/c1-3-8(2)13-11(14)9-6-4-5-7-10(9)12/h4-5,7-8H,3,12H2,1-2H3,(H,13,14). The highest BCUT2D eigenvalue weighted by Crippen LogP contribution is 2.09. The second kappa shape index (κ2) is 4.65. The van der Waals surface area contributed by atoms with Gasteiger partial charge in [0.25, 0.3) is 5.91 Å². The second-order valence-electron chi connectivity index (χ2n) is 3.28. The average Bonchev–Trinajstić information content (AvgIpc) is 2.18. The molecule has 3 N–H and O–H groups in total. The van der Waals surface area contributed by atoms with Gasteiger partial charge in [0.1, 0.15) is 0 Å². The summed E-state index contributed by atoms with van der Waals surface area (Å²) in [7, 11) is 0. The third-order valence-electron chi connectivity index (χ3n) is 2.11. The van der Waals surface area contributed by atoms with Crippen LogP contribution in [0, 0.1) is 6.07 Å². The van der Waals surface area contributed by atoms with Gasteiger partial charge in [0.2, 0.25) is 0 Å². The zero-order valence-electron chi connectivity index (χ0n) is 8.50. The van der Waals surface area contributed by atoms with E-state index in [-0.39, 0.29) is 11.9 Å². The van der Waals surface area contributed by atoms with Crippen LogP contribution in [0.4, 0.5) is 5.69 Å². The normalized spacial score (nSPS) is 12.1. The first-order chi connectivity index (χ1) is 6.65. The van der Waals surface area contributed by atoms with Crippen molar-refractivity contribution >= 4 is 11.6 Å². The number of hydrogen-bond donors (Lipinski definition) is 2. The maximum absolute atomic E-state index is 11.6. The number of hydrogen-bond acceptors (Lipinski definition) is 2. The topological polar surface area (TPSA) is 55.1 Å². The average molecular weight is 191 g/mol. The van der Waals surface area contributed by atoms with Crippen LogP contribution in [0.5, 0.6) is 0 Å². The minimum absolute atomic E-state index is 0.155. The summed E-state index contributed by atoms with van der Waals surface area (Å²) in [6, 6.07) is 8.13. The van der Waals surface area contributed by atoms with Gasteiger partial charge in [0, 0.05) is 11.7 Å². The van der Waals surface area contributed by atoms with E-state index in [4.69, 9.17) is 5.73 Å². The molecule has 1 radical (unpaired) electrons. The Hall–Kier alpha value is -1.51. The summed E-state index contributed by atoms with van der Waals surface area (Å²) < 4.78 is 0. The van der Waals surface area contributed by atoms with Crippen LogP contribution in [-0.2, 0) is 0 Å². The van der Waals surface area contributed by atoms with Crippen LogP contribution in [0.3, 0.4) is 0 Å². The molecule has 1 aromatic rings. The number of carbonyl (C=O) groups is 1. The first-order valence-corrected chi connectivity index (χ1v) is 4.72. The predicted octanol–water partition coefficient (Wildman–Crippen LogP) is 1.60. The first kappa shape index (κ1) is 10.6. The summed E-state index contributed by atoms with van der Waals surface area (Å²) in [4.78, 5) is 11.6. The summed E-state index contributed by atoms with van der Waals surface area (Å²) in [5, 5.41) is 2.84. The molecule has 0 aliphatic heterocycles. The Morgan fingerprint density at radius 2 is 2.43 bits per heavy atom. The van der Waals surface area contributed by atoms with Crippen molar-refractivity contribution in [2.75, 3.05) is 5.73 Å². The minimum Gasteiger partial charge on any atom is -0.398 e. The number of nitrogens with one attached hydrogen (secondary N) is 1. The van der Waals surface area contributed by atoms with E-state index in [0.29, 0.717) is 11.3 Å². The summed E-state index contributed by atoms with van der Waals surface area (Å²) >= 11 is 0. The molecular formula is C11H15N2O. The van der Waals surface area contributed by atoms with Gasteiger partial charge < -0.3 is 11.1 Å². The Morgan fingerprint density at radius 3 is 3.00 bits per heavy atom. The molecule has 0 spiro atoms. The molecule has 1 aromatic carbocycles. The minimum atomic E-state index is -0.155. The smallest absolute Gasteiger partial charge is 0.254 e. The second-order valence-corrected chi connectivity index (χ2v) is 3.28. The number of benzene rings is 1. The molecular weight excluding hydrogens is 176 g/mol. The van der Waals surface area contributed by atoms with Gasteiger partial charge >= 0.3 is 0 Å². The Morgan fingerprint density at radius 1 is 1.71 bits per heavy atom. The SMILES string of the molecule is CCC(C)NC(=O)c1[c]cccc1N. The fourth-order valence-electron chi connectivity index (χ4n) is 1.04. The van der Waals surface area contributed by atoms with Crippen molar-refractivity contribution in [1.82, 2.24) is 5.32 Å². The van der Waals surface area contributed by atoms with Crippen LogP contribution >= 0.6 is 0 Å².